The summed E-state index contributed by atoms with van der Waals surface area (Å²) in [7, 11) is 0. The van der Waals surface area contributed by atoms with E-state index in [0.29, 0.717) is 19.7 Å². The van der Waals surface area contributed by atoms with Gasteiger partial charge in [-0.15, -0.1) is 0 Å². The van der Waals surface area contributed by atoms with E-state index in [-0.39, 0.29) is 11.8 Å². The van der Waals surface area contributed by atoms with Crippen molar-refractivity contribution in [2.24, 2.45) is 16.6 Å². The number of guanidine groups is 1. The molecule has 0 radical (unpaired) electrons. The van der Waals surface area contributed by atoms with Gasteiger partial charge in [0.2, 0.25) is 5.91 Å². The van der Waals surface area contributed by atoms with Crippen molar-refractivity contribution in [3.63, 3.8) is 0 Å². The van der Waals surface area contributed by atoms with E-state index in [9.17, 15) is 4.79 Å². The van der Waals surface area contributed by atoms with Crippen LogP contribution in [0.4, 0.5) is 5.82 Å². The summed E-state index contributed by atoms with van der Waals surface area (Å²) in [5.74, 6) is 2.28. The Labute approximate surface area is 183 Å². The van der Waals surface area contributed by atoms with Gasteiger partial charge in [-0.05, 0) is 38.0 Å². The first-order valence-electron chi connectivity index (χ1n) is 10.9. The minimum absolute atomic E-state index is 0.0379. The van der Waals surface area contributed by atoms with Crippen LogP contribution in [0.5, 0.6) is 5.75 Å². The minimum atomic E-state index is -0.205. The third-order valence-electron chi connectivity index (χ3n) is 5.22. The molecular formula is C23H32N6O2. The summed E-state index contributed by atoms with van der Waals surface area (Å²) in [6, 6.07) is 13.7. The van der Waals surface area contributed by atoms with Crippen LogP contribution < -0.4 is 26.0 Å². The smallest absolute Gasteiger partial charge is 0.220 e. The lowest BCUT2D eigenvalue weighted by atomic mass is 9.96. The highest BCUT2D eigenvalue weighted by Crippen LogP contribution is 2.24. The summed E-state index contributed by atoms with van der Waals surface area (Å²) in [6.45, 7) is 6.05. The first-order valence-corrected chi connectivity index (χ1v) is 10.9. The number of nitrogens with two attached hydrogens (primary N) is 1. The van der Waals surface area contributed by atoms with Crippen molar-refractivity contribution in [3.8, 4) is 5.75 Å². The molecule has 1 saturated heterocycles. The molecule has 0 bridgehead atoms. The number of piperidine rings is 1. The molecule has 3 rings (SSSR count). The highest BCUT2D eigenvalue weighted by Gasteiger charge is 2.24. The number of hydrogen-bond acceptors (Lipinski definition) is 5. The van der Waals surface area contributed by atoms with Crippen LogP contribution >= 0.6 is 0 Å². The van der Waals surface area contributed by atoms with Crippen molar-refractivity contribution in [3.05, 3.63) is 54.2 Å². The van der Waals surface area contributed by atoms with Crippen LogP contribution in [0.2, 0.25) is 0 Å². The number of aromatic nitrogens is 1. The van der Waals surface area contributed by atoms with Crippen molar-refractivity contribution >= 4 is 17.7 Å². The molecule has 0 aliphatic carbocycles. The van der Waals surface area contributed by atoms with Gasteiger partial charge >= 0.3 is 0 Å². The molecule has 1 fully saturated rings. The number of nitrogens with one attached hydrogen (secondary N) is 2. The maximum Gasteiger partial charge on any atom is 0.220 e. The molecule has 2 aromatic rings. The van der Waals surface area contributed by atoms with Gasteiger partial charge in [-0.1, -0.05) is 24.3 Å². The van der Waals surface area contributed by atoms with E-state index in [1.54, 1.807) is 6.20 Å². The predicted octanol–water partition coefficient (Wildman–Crippen LogP) is 1.92. The summed E-state index contributed by atoms with van der Waals surface area (Å²) < 4.78 is 5.73. The van der Waals surface area contributed by atoms with Crippen molar-refractivity contribution in [2.45, 2.75) is 26.3 Å². The number of ether oxygens (including phenoxy) is 1. The fourth-order valence-electron chi connectivity index (χ4n) is 3.58. The number of nitrogens with zero attached hydrogens (tertiary/aromatic N) is 3. The van der Waals surface area contributed by atoms with Crippen molar-refractivity contribution in [1.82, 2.24) is 15.6 Å². The highest BCUT2D eigenvalue weighted by molar-refractivity contribution is 5.79. The number of rotatable bonds is 9. The van der Waals surface area contributed by atoms with Gasteiger partial charge < -0.3 is 26.0 Å². The van der Waals surface area contributed by atoms with E-state index < -0.39 is 0 Å². The second-order valence-corrected chi connectivity index (χ2v) is 7.43. The summed E-state index contributed by atoms with van der Waals surface area (Å²) in [5.41, 5.74) is 6.51. The quantitative estimate of drug-likeness (QED) is 0.323. The number of para-hydroxylation sites is 1. The van der Waals surface area contributed by atoms with E-state index in [2.05, 4.69) is 20.5 Å². The summed E-state index contributed by atoms with van der Waals surface area (Å²) >= 11 is 0. The van der Waals surface area contributed by atoms with Crippen molar-refractivity contribution in [2.75, 3.05) is 37.7 Å². The van der Waals surface area contributed by atoms with Gasteiger partial charge in [0.05, 0.1) is 13.1 Å². The zero-order valence-electron chi connectivity index (χ0n) is 18.1. The molecule has 1 aromatic heterocycles. The number of hydrogen-bond donors (Lipinski definition) is 3. The number of amides is 1. The molecule has 0 unspecified atom stereocenters. The molecule has 1 aliphatic heterocycles. The predicted molar refractivity (Wildman–Crippen MR) is 123 cm³/mol. The molecule has 1 aromatic carbocycles. The molecule has 31 heavy (non-hydrogen) atoms. The molecule has 166 valence electrons. The maximum absolute atomic E-state index is 11.4. The Kier molecular flexibility index (Phi) is 8.51. The van der Waals surface area contributed by atoms with Crippen LogP contribution in [0, 0.1) is 5.92 Å². The van der Waals surface area contributed by atoms with Gasteiger partial charge in [0.25, 0.3) is 0 Å². The maximum atomic E-state index is 11.4. The van der Waals surface area contributed by atoms with Crippen molar-refractivity contribution < 1.29 is 9.53 Å². The second kappa shape index (κ2) is 11.8. The van der Waals surface area contributed by atoms with Crippen LogP contribution in [0.15, 0.2) is 53.7 Å². The number of primary amides is 1. The number of benzene rings is 1. The average Bonchev–Trinajstić information content (AvgIpc) is 2.81. The molecule has 8 nitrogen and oxygen atoms in total. The van der Waals surface area contributed by atoms with E-state index in [1.807, 2.05) is 49.4 Å². The van der Waals surface area contributed by atoms with Gasteiger partial charge in [-0.3, -0.25) is 4.79 Å². The van der Waals surface area contributed by atoms with E-state index in [4.69, 9.17) is 15.5 Å². The van der Waals surface area contributed by atoms with Gasteiger partial charge in [0.15, 0.2) is 5.96 Å². The lowest BCUT2D eigenvalue weighted by molar-refractivity contribution is -0.122. The van der Waals surface area contributed by atoms with Crippen LogP contribution in [0.1, 0.15) is 25.3 Å². The Hall–Kier alpha value is -3.29. The third kappa shape index (κ3) is 6.87. The number of carbonyl (C=O) groups is 1. The van der Waals surface area contributed by atoms with Gasteiger partial charge in [-0.25, -0.2) is 9.98 Å². The van der Waals surface area contributed by atoms with Gasteiger partial charge in [0, 0.05) is 37.3 Å². The Bertz CT molecular complexity index is 850. The molecule has 1 aliphatic rings. The second-order valence-electron chi connectivity index (χ2n) is 7.43. The van der Waals surface area contributed by atoms with Crippen LogP contribution in [-0.2, 0) is 11.3 Å². The SMILES string of the molecule is CCNC(=NCc1cccnc1N1CCC(C(N)=O)CC1)NCCOc1ccccc1. The van der Waals surface area contributed by atoms with E-state index >= 15 is 0 Å². The summed E-state index contributed by atoms with van der Waals surface area (Å²) in [6.07, 6.45) is 3.33. The molecule has 0 spiro atoms. The fraction of sp³-hybridized carbons (Fsp3) is 0.435. The van der Waals surface area contributed by atoms with Crippen LogP contribution in [0.3, 0.4) is 0 Å². The molecular weight excluding hydrogens is 392 g/mol. The van der Waals surface area contributed by atoms with Gasteiger partial charge in [0.1, 0.15) is 18.2 Å². The Balaban J connectivity index is 1.56. The fourth-order valence-corrected chi connectivity index (χ4v) is 3.58. The first kappa shape index (κ1) is 22.4. The summed E-state index contributed by atoms with van der Waals surface area (Å²) in [5, 5.41) is 6.57. The normalized spacial score (nSPS) is 14.9. The molecule has 1 amide bonds. The van der Waals surface area contributed by atoms with Crippen LogP contribution in [-0.4, -0.2) is 49.6 Å². The largest absolute Gasteiger partial charge is 0.492 e. The Morgan fingerprint density at radius 2 is 1.97 bits per heavy atom. The molecule has 8 heteroatoms. The molecule has 0 atom stereocenters. The highest BCUT2D eigenvalue weighted by atomic mass is 16.5. The lowest BCUT2D eigenvalue weighted by Crippen LogP contribution is -2.40. The number of pyridine rings is 1. The topological polar surface area (TPSA) is 105 Å². The van der Waals surface area contributed by atoms with Crippen LogP contribution in [0.25, 0.3) is 0 Å². The summed E-state index contributed by atoms with van der Waals surface area (Å²) in [4.78, 5) is 23.0. The standard InChI is InChI=1S/C23H32N6O2/c1-2-25-23(27-13-16-31-20-8-4-3-5-9-20)28-17-19-7-6-12-26-22(19)29-14-10-18(11-15-29)21(24)30/h3-9,12,18H,2,10-11,13-17H2,1H3,(H2,24,30)(H2,25,27,28). The molecule has 4 N–H and O–H groups in total. The average molecular weight is 425 g/mol. The number of anilines is 1. The Morgan fingerprint density at radius 3 is 2.68 bits per heavy atom. The van der Waals surface area contributed by atoms with Gasteiger partial charge in [-0.2, -0.15) is 0 Å². The minimum Gasteiger partial charge on any atom is -0.492 e. The Morgan fingerprint density at radius 1 is 1.19 bits per heavy atom. The van der Waals surface area contributed by atoms with Crippen molar-refractivity contribution in [1.29, 1.82) is 0 Å². The van der Waals surface area contributed by atoms with E-state index in [0.717, 1.165) is 55.6 Å². The lowest BCUT2D eigenvalue weighted by Gasteiger charge is -2.32. The number of aliphatic imine (C=N–C) groups is 1. The van der Waals surface area contributed by atoms with E-state index in [1.165, 1.54) is 0 Å². The third-order valence-corrected chi connectivity index (χ3v) is 5.22. The molecule has 2 heterocycles. The monoisotopic (exact) mass is 424 g/mol. The first-order chi connectivity index (χ1) is 15.2. The zero-order chi connectivity index (χ0) is 21.9. The number of carbonyl (C=O) groups excluding carboxylic acids is 1. The molecule has 0 saturated carbocycles. The zero-order valence-corrected chi connectivity index (χ0v) is 18.1.